The molecular weight excluding hydrogens is 394 g/mol. The summed E-state index contributed by atoms with van der Waals surface area (Å²) in [5.41, 5.74) is 1.67. The van der Waals surface area contributed by atoms with Gasteiger partial charge < -0.3 is 14.8 Å². The molecule has 0 saturated heterocycles. The molecule has 0 spiro atoms. The Bertz CT molecular complexity index is 1110. The van der Waals surface area contributed by atoms with E-state index in [1.165, 1.54) is 6.07 Å². The van der Waals surface area contributed by atoms with Gasteiger partial charge in [0.1, 0.15) is 0 Å². The van der Waals surface area contributed by atoms with Gasteiger partial charge in [0, 0.05) is 11.8 Å². The SMILES string of the molecule is CCOc1ccc(C(C)NC(=O)c2nn(-c3ccccc3)c(C)cc2=O)cc1OCC. The molecule has 0 aliphatic carbocycles. The number of nitrogens with zero attached hydrogens (tertiary/aromatic N) is 2. The first-order chi connectivity index (χ1) is 14.9. The number of amides is 1. The molecule has 3 aromatic rings. The van der Waals surface area contributed by atoms with Crippen molar-refractivity contribution in [3.63, 3.8) is 0 Å². The van der Waals surface area contributed by atoms with E-state index >= 15 is 0 Å². The van der Waals surface area contributed by atoms with Crippen molar-refractivity contribution < 1.29 is 14.3 Å². The summed E-state index contributed by atoms with van der Waals surface area (Å²) in [5, 5.41) is 7.18. The third-order valence-electron chi connectivity index (χ3n) is 4.74. The number of aromatic nitrogens is 2. The van der Waals surface area contributed by atoms with Crippen LogP contribution >= 0.6 is 0 Å². The molecule has 1 aromatic heterocycles. The molecule has 1 heterocycles. The predicted octanol–water partition coefficient (Wildman–Crippen LogP) is 3.83. The minimum atomic E-state index is -0.533. The monoisotopic (exact) mass is 421 g/mol. The number of nitrogens with one attached hydrogen (secondary N) is 1. The molecule has 7 heteroatoms. The third-order valence-corrected chi connectivity index (χ3v) is 4.74. The summed E-state index contributed by atoms with van der Waals surface area (Å²) in [6, 6.07) is 15.9. The molecule has 1 N–H and O–H groups in total. The first-order valence-corrected chi connectivity index (χ1v) is 10.3. The van der Waals surface area contributed by atoms with Crippen LogP contribution in [-0.4, -0.2) is 28.9 Å². The number of para-hydroxylation sites is 1. The van der Waals surface area contributed by atoms with Crippen molar-refractivity contribution in [2.45, 2.75) is 33.7 Å². The summed E-state index contributed by atoms with van der Waals surface area (Å²) in [5.74, 6) is 0.731. The van der Waals surface area contributed by atoms with Crippen LogP contribution in [0.3, 0.4) is 0 Å². The number of hydrogen-bond donors (Lipinski definition) is 1. The van der Waals surface area contributed by atoms with E-state index in [-0.39, 0.29) is 11.7 Å². The highest BCUT2D eigenvalue weighted by molar-refractivity contribution is 5.92. The van der Waals surface area contributed by atoms with E-state index in [0.29, 0.717) is 30.4 Å². The summed E-state index contributed by atoms with van der Waals surface area (Å²) in [7, 11) is 0. The predicted molar refractivity (Wildman–Crippen MR) is 119 cm³/mol. The number of carbonyl (C=O) groups is 1. The molecule has 0 fully saturated rings. The van der Waals surface area contributed by atoms with Crippen LogP contribution in [0.4, 0.5) is 0 Å². The Morgan fingerprint density at radius 1 is 1.03 bits per heavy atom. The molecule has 1 amide bonds. The van der Waals surface area contributed by atoms with Gasteiger partial charge in [0.15, 0.2) is 17.2 Å². The lowest BCUT2D eigenvalue weighted by Crippen LogP contribution is -2.33. The van der Waals surface area contributed by atoms with Gasteiger partial charge in [-0.1, -0.05) is 24.3 Å². The highest BCUT2D eigenvalue weighted by atomic mass is 16.5. The molecule has 1 unspecified atom stereocenters. The van der Waals surface area contributed by atoms with Crippen molar-refractivity contribution in [3.8, 4) is 17.2 Å². The van der Waals surface area contributed by atoms with Crippen molar-refractivity contribution >= 4 is 5.91 Å². The molecule has 1 atom stereocenters. The molecule has 0 aliphatic heterocycles. The molecule has 2 aromatic carbocycles. The highest BCUT2D eigenvalue weighted by Gasteiger charge is 2.19. The molecule has 3 rings (SSSR count). The Morgan fingerprint density at radius 2 is 1.71 bits per heavy atom. The molecular formula is C24H27N3O4. The molecule has 31 heavy (non-hydrogen) atoms. The van der Waals surface area contributed by atoms with Crippen LogP contribution < -0.4 is 20.2 Å². The van der Waals surface area contributed by atoms with E-state index in [1.807, 2.05) is 69.3 Å². The van der Waals surface area contributed by atoms with Gasteiger partial charge in [-0.2, -0.15) is 5.10 Å². The lowest BCUT2D eigenvalue weighted by Gasteiger charge is -2.18. The summed E-state index contributed by atoms with van der Waals surface area (Å²) in [4.78, 5) is 25.3. The van der Waals surface area contributed by atoms with Gasteiger partial charge in [-0.25, -0.2) is 4.68 Å². The van der Waals surface area contributed by atoms with Crippen LogP contribution in [0.2, 0.25) is 0 Å². The van der Waals surface area contributed by atoms with Crippen LogP contribution in [0, 0.1) is 6.92 Å². The molecule has 162 valence electrons. The first-order valence-electron chi connectivity index (χ1n) is 10.3. The lowest BCUT2D eigenvalue weighted by atomic mass is 10.1. The normalized spacial score (nSPS) is 11.6. The maximum Gasteiger partial charge on any atom is 0.276 e. The summed E-state index contributed by atoms with van der Waals surface area (Å²) < 4.78 is 12.8. The minimum absolute atomic E-state index is 0.155. The van der Waals surface area contributed by atoms with Gasteiger partial charge in [-0.05, 0) is 57.5 Å². The van der Waals surface area contributed by atoms with E-state index in [2.05, 4.69) is 10.4 Å². The largest absolute Gasteiger partial charge is 0.490 e. The molecule has 0 aliphatic rings. The maximum atomic E-state index is 12.9. The van der Waals surface area contributed by atoms with Gasteiger partial charge in [0.2, 0.25) is 5.43 Å². The molecule has 0 saturated carbocycles. The van der Waals surface area contributed by atoms with Crippen LogP contribution in [0.25, 0.3) is 5.69 Å². The summed E-state index contributed by atoms with van der Waals surface area (Å²) in [6.45, 7) is 8.45. The van der Waals surface area contributed by atoms with Crippen molar-refractivity contribution in [3.05, 3.63) is 81.8 Å². The molecule has 7 nitrogen and oxygen atoms in total. The van der Waals surface area contributed by atoms with Gasteiger partial charge in [-0.3, -0.25) is 9.59 Å². The Labute approximate surface area is 181 Å². The zero-order valence-corrected chi connectivity index (χ0v) is 18.2. The number of carbonyl (C=O) groups excluding carboxylic acids is 1. The quantitative estimate of drug-likeness (QED) is 0.598. The number of benzene rings is 2. The van der Waals surface area contributed by atoms with Gasteiger partial charge >= 0.3 is 0 Å². The van der Waals surface area contributed by atoms with Gasteiger partial charge in [-0.15, -0.1) is 0 Å². The van der Waals surface area contributed by atoms with E-state index in [0.717, 1.165) is 11.3 Å². The second-order valence-electron chi connectivity index (χ2n) is 7.01. The lowest BCUT2D eigenvalue weighted by molar-refractivity contribution is 0.0931. The highest BCUT2D eigenvalue weighted by Crippen LogP contribution is 2.30. The van der Waals surface area contributed by atoms with E-state index in [4.69, 9.17) is 9.47 Å². The van der Waals surface area contributed by atoms with Gasteiger partial charge in [0.25, 0.3) is 5.91 Å². The fraction of sp³-hybridized carbons (Fsp3) is 0.292. The fourth-order valence-electron chi connectivity index (χ4n) is 3.22. The van der Waals surface area contributed by atoms with Crippen LogP contribution in [0.5, 0.6) is 11.5 Å². The van der Waals surface area contributed by atoms with Crippen molar-refractivity contribution in [2.24, 2.45) is 0 Å². The minimum Gasteiger partial charge on any atom is -0.490 e. The van der Waals surface area contributed by atoms with Crippen LogP contribution in [0.15, 0.2) is 59.4 Å². The van der Waals surface area contributed by atoms with Gasteiger partial charge in [0.05, 0.1) is 24.9 Å². The fourth-order valence-corrected chi connectivity index (χ4v) is 3.22. The zero-order valence-electron chi connectivity index (χ0n) is 18.2. The Balaban J connectivity index is 1.86. The Morgan fingerprint density at radius 3 is 2.39 bits per heavy atom. The van der Waals surface area contributed by atoms with E-state index in [9.17, 15) is 9.59 Å². The Kier molecular flexibility index (Phi) is 7.07. The van der Waals surface area contributed by atoms with E-state index in [1.54, 1.807) is 11.6 Å². The van der Waals surface area contributed by atoms with E-state index < -0.39 is 11.3 Å². The summed E-state index contributed by atoms with van der Waals surface area (Å²) >= 11 is 0. The molecule has 0 bridgehead atoms. The van der Waals surface area contributed by atoms with Crippen molar-refractivity contribution in [2.75, 3.05) is 13.2 Å². The number of hydrogen-bond acceptors (Lipinski definition) is 5. The van der Waals surface area contributed by atoms with Crippen LogP contribution in [0.1, 0.15) is 48.6 Å². The first kappa shape index (κ1) is 22.1. The summed E-state index contributed by atoms with van der Waals surface area (Å²) in [6.07, 6.45) is 0. The number of rotatable bonds is 8. The standard InChI is InChI=1S/C24H27N3O4/c1-5-30-21-13-12-18(15-22(21)31-6-2)17(4)25-24(29)23-20(28)14-16(3)27(26-23)19-10-8-7-9-11-19/h7-15,17H,5-6H2,1-4H3,(H,25,29). The zero-order chi connectivity index (χ0) is 22.4. The Hall–Kier alpha value is -3.61. The maximum absolute atomic E-state index is 12.9. The average Bonchev–Trinajstić information content (AvgIpc) is 2.75. The number of ether oxygens (including phenoxy) is 2. The van der Waals surface area contributed by atoms with Crippen molar-refractivity contribution in [1.82, 2.24) is 15.1 Å². The molecule has 0 radical (unpaired) electrons. The smallest absolute Gasteiger partial charge is 0.276 e. The average molecular weight is 421 g/mol. The second-order valence-corrected chi connectivity index (χ2v) is 7.01. The number of aryl methyl sites for hydroxylation is 1. The third kappa shape index (κ3) is 5.12. The van der Waals surface area contributed by atoms with Crippen LogP contribution in [-0.2, 0) is 0 Å². The van der Waals surface area contributed by atoms with Crippen molar-refractivity contribution in [1.29, 1.82) is 0 Å². The second kappa shape index (κ2) is 9.93. The topological polar surface area (TPSA) is 82.5 Å².